The van der Waals surface area contributed by atoms with Gasteiger partial charge in [-0.1, -0.05) is 24.3 Å². The molecule has 1 unspecified atom stereocenters. The van der Waals surface area contributed by atoms with Crippen LogP contribution in [0.15, 0.2) is 63.9 Å². The molecule has 0 saturated carbocycles. The van der Waals surface area contributed by atoms with Crippen molar-refractivity contribution in [3.8, 4) is 0 Å². The molecule has 1 aromatic carbocycles. The molecule has 4 rings (SSSR count). The van der Waals surface area contributed by atoms with Gasteiger partial charge in [0.1, 0.15) is 5.76 Å². The molecule has 24 heavy (non-hydrogen) atoms. The average molecular weight is 321 g/mol. The molecule has 2 aromatic rings. The highest BCUT2D eigenvalue weighted by atomic mass is 16.5. The molecule has 5 heteroatoms. The van der Waals surface area contributed by atoms with Gasteiger partial charge in [-0.05, 0) is 19.1 Å². The Labute approximate surface area is 138 Å². The van der Waals surface area contributed by atoms with E-state index < -0.39 is 11.9 Å². The van der Waals surface area contributed by atoms with Gasteiger partial charge in [0.15, 0.2) is 5.78 Å². The first-order valence-electron chi connectivity index (χ1n) is 7.61. The third-order valence-corrected chi connectivity index (χ3v) is 4.48. The topological polar surface area (TPSA) is 68.5 Å². The summed E-state index contributed by atoms with van der Waals surface area (Å²) in [5.41, 5.74) is 3.79. The minimum absolute atomic E-state index is 0.0941. The standard InChI is InChI=1S/C19H15NO4/c1-10-14(19(22)23-2)15(13-8-5-9-24-13)16-17(20-10)11-6-3-4-7-12(11)18(16)21/h3-9,15,20H,1-2H3. The molecule has 120 valence electrons. The highest BCUT2D eigenvalue weighted by molar-refractivity contribution is 6.23. The maximum absolute atomic E-state index is 13.0. The lowest BCUT2D eigenvalue weighted by atomic mass is 9.83. The normalized spacial score (nSPS) is 19.1. The van der Waals surface area contributed by atoms with Crippen LogP contribution in [0.1, 0.15) is 34.5 Å². The Morgan fingerprint density at radius 2 is 1.92 bits per heavy atom. The first kappa shape index (κ1) is 14.5. The fourth-order valence-corrected chi connectivity index (χ4v) is 3.45. The van der Waals surface area contributed by atoms with Crippen LogP contribution >= 0.6 is 0 Å². The van der Waals surface area contributed by atoms with E-state index >= 15 is 0 Å². The second-order valence-corrected chi connectivity index (χ2v) is 5.77. The number of benzene rings is 1. The van der Waals surface area contributed by atoms with Crippen molar-refractivity contribution in [2.75, 3.05) is 7.11 Å². The van der Waals surface area contributed by atoms with E-state index in [9.17, 15) is 9.59 Å². The summed E-state index contributed by atoms with van der Waals surface area (Å²) in [6.07, 6.45) is 1.54. The lowest BCUT2D eigenvalue weighted by Crippen LogP contribution is -2.28. The van der Waals surface area contributed by atoms with Gasteiger partial charge in [0.2, 0.25) is 0 Å². The molecular weight excluding hydrogens is 306 g/mol. The molecule has 1 aliphatic carbocycles. The fraction of sp³-hybridized carbons (Fsp3) is 0.158. The second-order valence-electron chi connectivity index (χ2n) is 5.77. The summed E-state index contributed by atoms with van der Waals surface area (Å²) in [7, 11) is 1.33. The van der Waals surface area contributed by atoms with Crippen LogP contribution in [-0.2, 0) is 9.53 Å². The van der Waals surface area contributed by atoms with Crippen molar-refractivity contribution >= 4 is 17.4 Å². The van der Waals surface area contributed by atoms with E-state index in [1.54, 1.807) is 25.1 Å². The number of ether oxygens (including phenoxy) is 1. The smallest absolute Gasteiger partial charge is 0.336 e. The molecule has 1 aliphatic heterocycles. The number of dihydropyridines is 1. The van der Waals surface area contributed by atoms with E-state index in [0.29, 0.717) is 28.2 Å². The molecule has 0 amide bonds. The number of esters is 1. The number of hydrogen-bond donors (Lipinski definition) is 1. The predicted molar refractivity (Wildman–Crippen MR) is 87.0 cm³/mol. The SMILES string of the molecule is COC(=O)C1=C(C)NC2=C(C(=O)c3ccccc32)C1c1ccco1. The molecule has 5 nitrogen and oxygen atoms in total. The highest BCUT2D eigenvalue weighted by Gasteiger charge is 2.43. The van der Waals surface area contributed by atoms with Crippen LogP contribution in [-0.4, -0.2) is 18.9 Å². The van der Waals surface area contributed by atoms with E-state index in [4.69, 9.17) is 9.15 Å². The number of furan rings is 1. The van der Waals surface area contributed by atoms with Crippen LogP contribution < -0.4 is 5.32 Å². The summed E-state index contributed by atoms with van der Waals surface area (Å²) < 4.78 is 10.5. The predicted octanol–water partition coefficient (Wildman–Crippen LogP) is 3.02. The molecule has 1 aromatic heterocycles. The number of Topliss-reactive ketones (excluding diaryl/α,β-unsaturated/α-hetero) is 1. The van der Waals surface area contributed by atoms with Crippen LogP contribution in [0.25, 0.3) is 5.70 Å². The zero-order valence-electron chi connectivity index (χ0n) is 13.3. The zero-order valence-corrected chi connectivity index (χ0v) is 13.3. The van der Waals surface area contributed by atoms with Crippen LogP contribution in [0.4, 0.5) is 0 Å². The molecule has 0 saturated heterocycles. The maximum atomic E-state index is 13.0. The van der Waals surface area contributed by atoms with Gasteiger partial charge in [0.25, 0.3) is 0 Å². The van der Waals surface area contributed by atoms with Gasteiger partial charge in [0.05, 0.1) is 30.6 Å². The third-order valence-electron chi connectivity index (χ3n) is 4.48. The first-order chi connectivity index (χ1) is 11.6. The Balaban J connectivity index is 1.95. The summed E-state index contributed by atoms with van der Waals surface area (Å²) in [6, 6.07) is 10.9. The van der Waals surface area contributed by atoms with Crippen molar-refractivity contribution in [2.24, 2.45) is 0 Å². The van der Waals surface area contributed by atoms with Gasteiger partial charge in [-0.15, -0.1) is 0 Å². The van der Waals surface area contributed by atoms with E-state index in [1.165, 1.54) is 13.4 Å². The fourth-order valence-electron chi connectivity index (χ4n) is 3.45. The van der Waals surface area contributed by atoms with Crippen LogP contribution in [0.3, 0.4) is 0 Å². The summed E-state index contributed by atoms with van der Waals surface area (Å²) in [4.78, 5) is 25.3. The molecule has 0 fully saturated rings. The molecule has 1 atom stereocenters. The van der Waals surface area contributed by atoms with Crippen molar-refractivity contribution in [3.63, 3.8) is 0 Å². The zero-order chi connectivity index (χ0) is 16.8. The van der Waals surface area contributed by atoms with Crippen molar-refractivity contribution in [1.82, 2.24) is 5.32 Å². The van der Waals surface area contributed by atoms with E-state index in [2.05, 4.69) is 5.32 Å². The van der Waals surface area contributed by atoms with E-state index in [1.807, 2.05) is 18.2 Å². The third kappa shape index (κ3) is 1.88. The number of rotatable bonds is 2. The summed E-state index contributed by atoms with van der Waals surface area (Å²) in [5, 5.41) is 3.22. The van der Waals surface area contributed by atoms with Crippen LogP contribution in [0.5, 0.6) is 0 Å². The minimum atomic E-state index is -0.580. The highest BCUT2D eigenvalue weighted by Crippen LogP contribution is 2.46. The summed E-state index contributed by atoms with van der Waals surface area (Å²) in [6.45, 7) is 1.80. The van der Waals surface area contributed by atoms with Gasteiger partial charge in [-0.2, -0.15) is 0 Å². The Hall–Kier alpha value is -3.08. The molecule has 0 spiro atoms. The number of carbonyl (C=O) groups is 2. The number of nitrogens with one attached hydrogen (secondary N) is 1. The van der Waals surface area contributed by atoms with Crippen molar-refractivity contribution < 1.29 is 18.7 Å². The Morgan fingerprint density at radius 3 is 2.58 bits per heavy atom. The number of allylic oxidation sites excluding steroid dienone is 2. The van der Waals surface area contributed by atoms with Gasteiger partial charge in [-0.25, -0.2) is 4.79 Å². The monoisotopic (exact) mass is 321 g/mol. The quantitative estimate of drug-likeness (QED) is 0.861. The van der Waals surface area contributed by atoms with Gasteiger partial charge in [0, 0.05) is 22.4 Å². The molecule has 0 bridgehead atoms. The molecule has 2 heterocycles. The number of carbonyl (C=O) groups excluding carboxylic acids is 2. The number of fused-ring (bicyclic) bond motifs is 2. The molecule has 2 aliphatic rings. The van der Waals surface area contributed by atoms with Crippen LogP contribution in [0.2, 0.25) is 0 Å². The van der Waals surface area contributed by atoms with Gasteiger partial charge < -0.3 is 14.5 Å². The van der Waals surface area contributed by atoms with Gasteiger partial charge in [-0.3, -0.25) is 4.79 Å². The summed E-state index contributed by atoms with van der Waals surface area (Å²) >= 11 is 0. The van der Waals surface area contributed by atoms with Gasteiger partial charge >= 0.3 is 5.97 Å². The van der Waals surface area contributed by atoms with Crippen LogP contribution in [0, 0.1) is 0 Å². The van der Waals surface area contributed by atoms with E-state index in [0.717, 1.165) is 11.3 Å². The van der Waals surface area contributed by atoms with Crippen molar-refractivity contribution in [3.05, 3.63) is 76.4 Å². The van der Waals surface area contributed by atoms with E-state index in [-0.39, 0.29) is 5.78 Å². The number of ketones is 1. The van der Waals surface area contributed by atoms with Crippen molar-refractivity contribution in [2.45, 2.75) is 12.8 Å². The Kier molecular flexibility index (Phi) is 3.16. The number of hydrogen-bond acceptors (Lipinski definition) is 5. The molecular formula is C19H15NO4. The maximum Gasteiger partial charge on any atom is 0.336 e. The van der Waals surface area contributed by atoms with Crippen molar-refractivity contribution in [1.29, 1.82) is 0 Å². The first-order valence-corrected chi connectivity index (χ1v) is 7.61. The summed E-state index contributed by atoms with van der Waals surface area (Å²) in [5.74, 6) is -0.603. The minimum Gasteiger partial charge on any atom is -0.468 e. The Bertz CT molecular complexity index is 919. The molecule has 1 N–H and O–H groups in total. The largest absolute Gasteiger partial charge is 0.468 e. The average Bonchev–Trinajstić information content (AvgIpc) is 3.22. The number of methoxy groups -OCH3 is 1. The Morgan fingerprint density at radius 1 is 1.17 bits per heavy atom. The second kappa shape index (κ2) is 5.23. The molecule has 0 radical (unpaired) electrons. The lowest BCUT2D eigenvalue weighted by Gasteiger charge is -2.27. The lowest BCUT2D eigenvalue weighted by molar-refractivity contribution is -0.136.